The number of aliphatic hydroxyl groups is 1. The van der Waals surface area contributed by atoms with Crippen LogP contribution in [0.25, 0.3) is 38.8 Å². The summed E-state index contributed by atoms with van der Waals surface area (Å²) in [5.41, 5.74) is 4.21. The van der Waals surface area contributed by atoms with E-state index in [-0.39, 0.29) is 37.5 Å². The average Bonchev–Trinajstić information content (AvgIpc) is 3.25. The van der Waals surface area contributed by atoms with Crippen molar-refractivity contribution in [1.29, 1.82) is 0 Å². The number of aliphatic hydroxyl groups excluding tert-OH is 1. The summed E-state index contributed by atoms with van der Waals surface area (Å²) in [5.74, 6) is -0.0625. The molecule has 8 nitrogen and oxygen atoms in total. The van der Waals surface area contributed by atoms with Gasteiger partial charge in [0, 0.05) is 68.1 Å². The number of sulfone groups is 1. The average molecular weight is 771 g/mol. The Morgan fingerprint density at radius 2 is 1.61 bits per heavy atom. The van der Waals surface area contributed by atoms with E-state index in [0.717, 1.165) is 45.8 Å². The molecular formula is C30H27N2O6PtS2-. The second kappa shape index (κ2) is 14.1. The number of hydrogen-bond donors (Lipinski definition) is 1. The predicted octanol–water partition coefficient (Wildman–Crippen LogP) is 6.67. The minimum Gasteiger partial charge on any atom is -0.512 e. The number of fused-ring (bicyclic) bond motifs is 3. The molecule has 0 amide bonds. The number of benzene rings is 3. The Labute approximate surface area is 257 Å². The van der Waals surface area contributed by atoms with Gasteiger partial charge in [0.15, 0.2) is 15.6 Å². The van der Waals surface area contributed by atoms with Gasteiger partial charge in [0.1, 0.15) is 0 Å². The minimum atomic E-state index is -3.49. The van der Waals surface area contributed by atoms with Gasteiger partial charge >= 0.3 is 0 Å². The summed E-state index contributed by atoms with van der Waals surface area (Å²) in [4.78, 5) is 19.8. The summed E-state index contributed by atoms with van der Waals surface area (Å²) in [5, 5.41) is 10.7. The van der Waals surface area contributed by atoms with E-state index < -0.39 is 9.84 Å². The van der Waals surface area contributed by atoms with Crippen LogP contribution >= 0.6 is 12.0 Å². The van der Waals surface area contributed by atoms with Crippen molar-refractivity contribution in [3.8, 4) is 16.9 Å². The van der Waals surface area contributed by atoms with E-state index in [1.807, 2.05) is 36.4 Å². The quantitative estimate of drug-likeness (QED) is 0.0489. The Hall–Kier alpha value is -3.27. The van der Waals surface area contributed by atoms with Crippen molar-refractivity contribution in [2.45, 2.75) is 23.6 Å². The van der Waals surface area contributed by atoms with E-state index in [9.17, 15) is 13.2 Å². The van der Waals surface area contributed by atoms with Gasteiger partial charge in [-0.1, -0.05) is 42.5 Å². The van der Waals surface area contributed by atoms with Crippen molar-refractivity contribution in [2.75, 3.05) is 13.4 Å². The number of hydrogen-bond acceptors (Lipinski definition) is 8. The minimum absolute atomic E-state index is 0. The van der Waals surface area contributed by atoms with Crippen LogP contribution in [0.1, 0.15) is 13.8 Å². The van der Waals surface area contributed by atoms with Crippen molar-refractivity contribution < 1.29 is 48.6 Å². The number of ketones is 1. The molecule has 41 heavy (non-hydrogen) atoms. The molecule has 1 N–H and O–H groups in total. The number of pyridine rings is 1. The van der Waals surface area contributed by atoms with Crippen LogP contribution < -0.4 is 0 Å². The van der Waals surface area contributed by atoms with Crippen LogP contribution in [-0.2, 0) is 44.9 Å². The molecule has 5 rings (SSSR count). The molecular weight excluding hydrogens is 744 g/mol. The summed E-state index contributed by atoms with van der Waals surface area (Å²) in [6, 6.07) is 26.6. The van der Waals surface area contributed by atoms with Gasteiger partial charge < -0.3 is 14.7 Å². The first kappa shape index (κ1) is 32.2. The van der Waals surface area contributed by atoms with E-state index in [1.54, 1.807) is 12.3 Å². The second-order valence-corrected chi connectivity index (χ2v) is 11.6. The van der Waals surface area contributed by atoms with Gasteiger partial charge in [0.25, 0.3) is 0 Å². The summed E-state index contributed by atoms with van der Waals surface area (Å²) in [6.45, 7) is 2.85. The van der Waals surface area contributed by atoms with Crippen molar-refractivity contribution >= 4 is 49.5 Å². The van der Waals surface area contributed by atoms with Gasteiger partial charge in [-0.25, -0.2) is 13.3 Å². The molecule has 0 unspecified atom stereocenters. The van der Waals surface area contributed by atoms with E-state index in [1.165, 1.54) is 33.1 Å². The first-order chi connectivity index (χ1) is 19.1. The third-order valence-corrected chi connectivity index (χ3v) is 7.34. The monoisotopic (exact) mass is 770 g/mol. The first-order valence-corrected chi connectivity index (χ1v) is 14.7. The van der Waals surface area contributed by atoms with Gasteiger partial charge in [-0.05, 0) is 47.5 Å². The van der Waals surface area contributed by atoms with Crippen LogP contribution in [0.4, 0.5) is 0 Å². The molecule has 0 fully saturated rings. The molecule has 11 heteroatoms. The van der Waals surface area contributed by atoms with Crippen LogP contribution in [0.3, 0.4) is 0 Å². The maximum Gasteiger partial charge on any atom is 0.158 e. The molecule has 3 aromatic carbocycles. The van der Waals surface area contributed by atoms with E-state index >= 15 is 0 Å². The third-order valence-electron chi connectivity index (χ3n) is 5.69. The number of carbonyl (C=O) groups excluding carboxylic acids is 1. The molecule has 0 radical (unpaired) electrons. The summed E-state index contributed by atoms with van der Waals surface area (Å²) in [7, 11) is -2.10. The number of para-hydroxylation sites is 2. The van der Waals surface area contributed by atoms with Crippen molar-refractivity contribution in [2.24, 2.45) is 0 Å². The first-order valence-electron chi connectivity index (χ1n) is 12.1. The number of nitrogens with zero attached hydrogens (tertiary/aromatic N) is 2. The SMILES string of the molecule is CC(=O)/C=C(/C)O.COOSc1cc(-c2cc(-n3c4ccccc4c4ccccc43)ccn2)[c-]c(S(C)(=O)=O)c1.[Pt]. The van der Waals surface area contributed by atoms with E-state index in [4.69, 9.17) is 9.44 Å². The Morgan fingerprint density at radius 1 is 1.00 bits per heavy atom. The third kappa shape index (κ3) is 7.93. The van der Waals surface area contributed by atoms with Crippen LogP contribution in [0.15, 0.2) is 101 Å². The van der Waals surface area contributed by atoms with Gasteiger partial charge in [-0.2, -0.15) is 4.33 Å². The van der Waals surface area contributed by atoms with Crippen molar-refractivity contribution in [3.05, 3.63) is 96.9 Å². The Kier molecular flexibility index (Phi) is 11.1. The molecule has 0 aliphatic carbocycles. The van der Waals surface area contributed by atoms with Crippen LogP contribution in [0, 0.1) is 6.07 Å². The fourth-order valence-corrected chi connectivity index (χ4v) is 5.37. The zero-order valence-electron chi connectivity index (χ0n) is 22.6. The number of carbonyl (C=O) groups is 1. The van der Waals surface area contributed by atoms with Gasteiger partial charge in [-0.15, -0.1) is 23.8 Å². The van der Waals surface area contributed by atoms with E-state index in [2.05, 4.69) is 44.8 Å². The molecule has 0 aliphatic rings. The molecule has 216 valence electrons. The van der Waals surface area contributed by atoms with Crippen LogP contribution in [0.5, 0.6) is 0 Å². The molecule has 5 aromatic rings. The molecule has 2 aromatic heterocycles. The molecule has 0 aliphatic heterocycles. The molecule has 0 bridgehead atoms. The van der Waals surface area contributed by atoms with Crippen LogP contribution in [0.2, 0.25) is 0 Å². The standard InChI is InChI=1S/C25H19N2O4S2.C5H8O2.Pt/c1-30-31-32-19-13-17(14-20(16-19)33(2,28)29)23-15-18(11-12-26-23)27-24-9-5-3-7-21(24)22-8-4-6-10-25(22)27;1-4(6)3-5(2)7;/h3-13,15-16H,1-2H3;3,6H,1-2H3;/q-1;;/b;4-3-;. The maximum atomic E-state index is 12.3. The Balaban J connectivity index is 0.000000516. The maximum absolute atomic E-state index is 12.3. The van der Waals surface area contributed by atoms with Crippen molar-refractivity contribution in [3.63, 3.8) is 0 Å². The number of aromatic nitrogens is 2. The number of allylic oxidation sites excluding steroid dienone is 2. The fourth-order valence-electron chi connectivity index (χ4n) is 4.18. The molecule has 0 saturated heterocycles. The smallest absolute Gasteiger partial charge is 0.158 e. The van der Waals surface area contributed by atoms with Crippen LogP contribution in [-0.4, -0.2) is 42.2 Å². The summed E-state index contributed by atoms with van der Waals surface area (Å²) >= 11 is 0.926. The zero-order chi connectivity index (χ0) is 28.9. The fraction of sp³-hybridized carbons (Fsp3) is 0.133. The second-order valence-electron chi connectivity index (χ2n) is 8.85. The molecule has 0 saturated carbocycles. The normalized spacial score (nSPS) is 11.6. The summed E-state index contributed by atoms with van der Waals surface area (Å²) < 4.78 is 31.6. The predicted molar refractivity (Wildman–Crippen MR) is 157 cm³/mol. The molecule has 0 atom stereocenters. The van der Waals surface area contributed by atoms with Gasteiger partial charge in [0.05, 0.1) is 23.9 Å². The molecule has 2 heterocycles. The molecule has 0 spiro atoms. The van der Waals surface area contributed by atoms with Gasteiger partial charge in [0.2, 0.25) is 0 Å². The number of rotatable bonds is 7. The summed E-state index contributed by atoms with van der Waals surface area (Å²) in [6.07, 6.45) is 4.03. The topological polar surface area (TPSA) is 108 Å². The van der Waals surface area contributed by atoms with E-state index in [0.29, 0.717) is 16.2 Å². The Morgan fingerprint density at radius 3 is 2.12 bits per heavy atom. The van der Waals surface area contributed by atoms with Gasteiger partial charge in [-0.3, -0.25) is 4.79 Å². The largest absolute Gasteiger partial charge is 0.512 e. The Bertz CT molecular complexity index is 1780. The zero-order valence-corrected chi connectivity index (χ0v) is 26.5. The van der Waals surface area contributed by atoms with Crippen molar-refractivity contribution in [1.82, 2.24) is 9.55 Å².